The predicted molar refractivity (Wildman–Crippen MR) is 123 cm³/mol. The number of carbonyl (C=O) groups is 3. The van der Waals surface area contributed by atoms with Crippen LogP contribution in [0.5, 0.6) is 0 Å². The van der Waals surface area contributed by atoms with Crippen molar-refractivity contribution in [2.75, 3.05) is 49.1 Å². The number of piperazine rings is 1. The van der Waals surface area contributed by atoms with Crippen molar-refractivity contribution in [2.24, 2.45) is 0 Å². The summed E-state index contributed by atoms with van der Waals surface area (Å²) in [6.07, 6.45) is 0. The summed E-state index contributed by atoms with van der Waals surface area (Å²) in [6, 6.07) is 8.90. The van der Waals surface area contributed by atoms with E-state index in [0.29, 0.717) is 37.4 Å². The first-order chi connectivity index (χ1) is 15.3. The zero-order valence-electron chi connectivity index (χ0n) is 19.1. The van der Waals surface area contributed by atoms with Gasteiger partial charge in [-0.25, -0.2) is 9.78 Å². The Kier molecular flexibility index (Phi) is 5.86. The Morgan fingerprint density at radius 2 is 1.53 bits per heavy atom. The van der Waals surface area contributed by atoms with E-state index in [9.17, 15) is 14.4 Å². The van der Waals surface area contributed by atoms with E-state index in [1.807, 2.05) is 11.8 Å². The molecular weight excluding hydrogens is 406 g/mol. The molecule has 8 heteroatoms. The number of nitrogens with zero attached hydrogens (tertiary/aromatic N) is 5. The van der Waals surface area contributed by atoms with Gasteiger partial charge in [0.05, 0.1) is 0 Å². The molecule has 0 unspecified atom stereocenters. The quantitative estimate of drug-likeness (QED) is 0.741. The molecule has 0 atom stereocenters. The lowest BCUT2D eigenvalue weighted by atomic mass is 10.1. The van der Waals surface area contributed by atoms with E-state index >= 15 is 0 Å². The Bertz CT molecular complexity index is 1060. The molecule has 168 valence electrons. The fraction of sp³-hybridized carbons (Fsp3) is 0.417. The summed E-state index contributed by atoms with van der Waals surface area (Å²) in [6.45, 7) is 11.1. The smallest absolute Gasteiger partial charge is 0.331 e. The summed E-state index contributed by atoms with van der Waals surface area (Å²) < 4.78 is 0. The van der Waals surface area contributed by atoms with Crippen LogP contribution in [0.25, 0.3) is 0 Å². The minimum Gasteiger partial charge on any atom is -0.353 e. The van der Waals surface area contributed by atoms with Crippen LogP contribution >= 0.6 is 0 Å². The van der Waals surface area contributed by atoms with Gasteiger partial charge in [-0.05, 0) is 56.2 Å². The van der Waals surface area contributed by atoms with Crippen molar-refractivity contribution in [3.63, 3.8) is 0 Å². The van der Waals surface area contributed by atoms with Crippen molar-refractivity contribution in [3.05, 3.63) is 52.7 Å². The molecule has 2 fully saturated rings. The third-order valence-corrected chi connectivity index (χ3v) is 6.31. The van der Waals surface area contributed by atoms with E-state index in [0.717, 1.165) is 30.2 Å². The maximum absolute atomic E-state index is 13.0. The molecule has 0 radical (unpaired) electrons. The van der Waals surface area contributed by atoms with Crippen molar-refractivity contribution < 1.29 is 14.4 Å². The van der Waals surface area contributed by atoms with Crippen LogP contribution in [0.4, 0.5) is 16.3 Å². The standard InChI is InChI=1S/C24H29N5O3/c1-16-15-17(2)22(25-18(16)3)26-9-11-27(12-10-26)23(31)20-5-7-21(8-6-20)29-14-13-28(19(4)30)24(29)32/h5-8,15H,9-14H2,1-4H3. The average molecular weight is 436 g/mol. The molecule has 0 spiro atoms. The second kappa shape index (κ2) is 8.61. The maximum Gasteiger partial charge on any atom is 0.331 e. The van der Waals surface area contributed by atoms with Crippen LogP contribution in [-0.2, 0) is 4.79 Å². The number of hydrogen-bond acceptors (Lipinski definition) is 5. The Labute approximate surface area is 188 Å². The molecule has 4 amide bonds. The molecule has 2 saturated heterocycles. The topological polar surface area (TPSA) is 77.1 Å². The van der Waals surface area contributed by atoms with Gasteiger partial charge in [-0.2, -0.15) is 0 Å². The van der Waals surface area contributed by atoms with Crippen LogP contribution in [0, 0.1) is 20.8 Å². The monoisotopic (exact) mass is 435 g/mol. The first-order valence-corrected chi connectivity index (χ1v) is 10.9. The minimum atomic E-state index is -0.317. The van der Waals surface area contributed by atoms with Gasteiger partial charge in [0.15, 0.2) is 0 Å². The second-order valence-corrected chi connectivity index (χ2v) is 8.46. The highest BCUT2D eigenvalue weighted by atomic mass is 16.2. The number of anilines is 2. The van der Waals surface area contributed by atoms with Crippen molar-refractivity contribution >= 4 is 29.4 Å². The number of aryl methyl sites for hydroxylation is 3. The third kappa shape index (κ3) is 4.04. The minimum absolute atomic E-state index is 0.0147. The summed E-state index contributed by atoms with van der Waals surface area (Å²) in [5.74, 6) is 0.730. The molecule has 2 aromatic rings. The lowest BCUT2D eigenvalue weighted by Crippen LogP contribution is -2.49. The molecule has 1 aromatic carbocycles. The van der Waals surface area contributed by atoms with E-state index in [2.05, 4.69) is 24.8 Å². The van der Waals surface area contributed by atoms with Crippen molar-refractivity contribution in [1.29, 1.82) is 0 Å². The van der Waals surface area contributed by atoms with E-state index < -0.39 is 0 Å². The summed E-state index contributed by atoms with van der Waals surface area (Å²) in [5, 5.41) is 0. The van der Waals surface area contributed by atoms with Crippen LogP contribution in [0.15, 0.2) is 30.3 Å². The molecule has 1 aromatic heterocycles. The molecule has 4 rings (SSSR count). The number of carbonyl (C=O) groups excluding carboxylic acids is 3. The highest BCUT2D eigenvalue weighted by Gasteiger charge is 2.32. The number of imide groups is 1. The Morgan fingerprint density at radius 1 is 0.875 bits per heavy atom. The van der Waals surface area contributed by atoms with Crippen molar-refractivity contribution in [3.8, 4) is 0 Å². The Balaban J connectivity index is 1.39. The molecule has 8 nitrogen and oxygen atoms in total. The normalized spacial score (nSPS) is 16.7. The number of urea groups is 1. The van der Waals surface area contributed by atoms with Gasteiger partial charge >= 0.3 is 6.03 Å². The van der Waals surface area contributed by atoms with E-state index in [4.69, 9.17) is 4.98 Å². The molecule has 0 N–H and O–H groups in total. The number of hydrogen-bond donors (Lipinski definition) is 0. The van der Waals surface area contributed by atoms with E-state index in [-0.39, 0.29) is 17.8 Å². The average Bonchev–Trinajstić information content (AvgIpc) is 3.17. The summed E-state index contributed by atoms with van der Waals surface area (Å²) in [5.41, 5.74) is 4.66. The van der Waals surface area contributed by atoms with Gasteiger partial charge in [0.2, 0.25) is 5.91 Å². The molecule has 32 heavy (non-hydrogen) atoms. The zero-order valence-corrected chi connectivity index (χ0v) is 19.1. The van der Waals surface area contributed by atoms with Gasteiger partial charge in [0, 0.05) is 63.1 Å². The van der Waals surface area contributed by atoms with E-state index in [1.54, 1.807) is 29.2 Å². The first-order valence-electron chi connectivity index (χ1n) is 10.9. The number of aromatic nitrogens is 1. The van der Waals surface area contributed by atoms with Gasteiger partial charge < -0.3 is 9.80 Å². The fourth-order valence-electron chi connectivity index (χ4n) is 4.31. The van der Waals surface area contributed by atoms with Crippen LogP contribution in [0.1, 0.15) is 34.1 Å². The predicted octanol–water partition coefficient (Wildman–Crippen LogP) is 2.76. The van der Waals surface area contributed by atoms with E-state index in [1.165, 1.54) is 17.4 Å². The number of benzene rings is 1. The molecular formula is C24H29N5O3. The summed E-state index contributed by atoms with van der Waals surface area (Å²) >= 11 is 0. The third-order valence-electron chi connectivity index (χ3n) is 6.31. The van der Waals surface area contributed by atoms with Crippen LogP contribution in [0.2, 0.25) is 0 Å². The summed E-state index contributed by atoms with van der Waals surface area (Å²) in [7, 11) is 0. The Hall–Kier alpha value is -3.42. The number of amides is 4. The molecule has 2 aliphatic rings. The second-order valence-electron chi connectivity index (χ2n) is 8.46. The lowest BCUT2D eigenvalue weighted by Gasteiger charge is -2.36. The molecule has 0 aliphatic carbocycles. The number of rotatable bonds is 3. The fourth-order valence-corrected chi connectivity index (χ4v) is 4.31. The molecule has 0 saturated carbocycles. The lowest BCUT2D eigenvalue weighted by molar-refractivity contribution is -0.125. The van der Waals surface area contributed by atoms with Gasteiger partial charge in [-0.15, -0.1) is 0 Å². The highest BCUT2D eigenvalue weighted by Crippen LogP contribution is 2.24. The van der Waals surface area contributed by atoms with Gasteiger partial charge in [-0.1, -0.05) is 6.07 Å². The molecule has 3 heterocycles. The summed E-state index contributed by atoms with van der Waals surface area (Å²) in [4.78, 5) is 48.6. The largest absolute Gasteiger partial charge is 0.353 e. The zero-order chi connectivity index (χ0) is 23.0. The van der Waals surface area contributed by atoms with Gasteiger partial charge in [0.1, 0.15) is 5.82 Å². The Morgan fingerprint density at radius 3 is 2.12 bits per heavy atom. The van der Waals surface area contributed by atoms with Crippen LogP contribution < -0.4 is 9.80 Å². The first kappa shape index (κ1) is 21.8. The van der Waals surface area contributed by atoms with Crippen LogP contribution in [-0.4, -0.2) is 71.9 Å². The SMILES string of the molecule is CC(=O)N1CCN(c2ccc(C(=O)N3CCN(c4nc(C)c(C)cc4C)CC3)cc2)C1=O. The van der Waals surface area contributed by atoms with Crippen molar-refractivity contribution in [1.82, 2.24) is 14.8 Å². The number of pyridine rings is 1. The molecule has 2 aliphatic heterocycles. The van der Waals surface area contributed by atoms with Gasteiger partial charge in [-0.3, -0.25) is 19.4 Å². The van der Waals surface area contributed by atoms with Crippen molar-refractivity contribution in [2.45, 2.75) is 27.7 Å². The van der Waals surface area contributed by atoms with Crippen LogP contribution in [0.3, 0.4) is 0 Å². The highest BCUT2D eigenvalue weighted by molar-refractivity contribution is 6.04. The molecule has 0 bridgehead atoms. The maximum atomic E-state index is 13.0. The van der Waals surface area contributed by atoms with Gasteiger partial charge in [0.25, 0.3) is 5.91 Å².